The highest BCUT2D eigenvalue weighted by molar-refractivity contribution is 5.95. The van der Waals surface area contributed by atoms with Crippen LogP contribution in [-0.4, -0.2) is 43.3 Å². The summed E-state index contributed by atoms with van der Waals surface area (Å²) in [5.41, 5.74) is 0.661. The van der Waals surface area contributed by atoms with E-state index in [1.807, 2.05) is 4.90 Å². The van der Waals surface area contributed by atoms with Gasteiger partial charge in [0.25, 0.3) is 5.91 Å². The van der Waals surface area contributed by atoms with Crippen LogP contribution in [-0.2, 0) is 0 Å². The maximum absolute atomic E-state index is 12.3. The van der Waals surface area contributed by atoms with E-state index in [0.29, 0.717) is 23.1 Å². The standard InChI is InChI=1S/C13H16N2O3/c1-9-7-15(5-4-14-9)13(16)10-2-3-11-12(6-10)18-8-17-11/h2-3,6,9,14H,4-5,7-8H2,1H3. The number of nitrogens with zero attached hydrogens (tertiary/aromatic N) is 1. The maximum atomic E-state index is 12.3. The van der Waals surface area contributed by atoms with Gasteiger partial charge in [0, 0.05) is 31.2 Å². The number of carbonyl (C=O) groups excluding carboxylic acids is 1. The van der Waals surface area contributed by atoms with Gasteiger partial charge in [-0.25, -0.2) is 0 Å². The molecule has 0 aliphatic carbocycles. The molecule has 0 bridgehead atoms. The van der Waals surface area contributed by atoms with Crippen molar-refractivity contribution in [2.75, 3.05) is 26.4 Å². The second-order valence-corrected chi connectivity index (χ2v) is 4.67. The summed E-state index contributed by atoms with van der Waals surface area (Å²) in [7, 11) is 0. The molecule has 5 nitrogen and oxygen atoms in total. The van der Waals surface area contributed by atoms with Crippen LogP contribution in [0.4, 0.5) is 0 Å². The van der Waals surface area contributed by atoms with Gasteiger partial charge in [0.2, 0.25) is 6.79 Å². The van der Waals surface area contributed by atoms with Crippen molar-refractivity contribution in [1.29, 1.82) is 0 Å². The summed E-state index contributed by atoms with van der Waals surface area (Å²) in [5, 5.41) is 3.32. The van der Waals surface area contributed by atoms with Crippen LogP contribution in [0.5, 0.6) is 11.5 Å². The van der Waals surface area contributed by atoms with Crippen molar-refractivity contribution in [2.24, 2.45) is 0 Å². The first-order valence-electron chi connectivity index (χ1n) is 6.16. The van der Waals surface area contributed by atoms with Crippen LogP contribution >= 0.6 is 0 Å². The molecule has 2 heterocycles. The van der Waals surface area contributed by atoms with Crippen LogP contribution in [0.3, 0.4) is 0 Å². The maximum Gasteiger partial charge on any atom is 0.254 e. The number of nitrogens with one attached hydrogen (secondary N) is 1. The molecule has 1 atom stereocenters. The van der Waals surface area contributed by atoms with Crippen molar-refractivity contribution < 1.29 is 14.3 Å². The molecule has 0 saturated carbocycles. The molecule has 0 radical (unpaired) electrons. The summed E-state index contributed by atoms with van der Waals surface area (Å²) in [4.78, 5) is 14.2. The number of amides is 1. The van der Waals surface area contributed by atoms with E-state index in [2.05, 4.69) is 12.2 Å². The van der Waals surface area contributed by atoms with Gasteiger partial charge in [0.15, 0.2) is 11.5 Å². The Morgan fingerprint density at radius 3 is 3.06 bits per heavy atom. The molecule has 3 rings (SSSR count). The zero-order valence-electron chi connectivity index (χ0n) is 10.3. The predicted octanol–water partition coefficient (Wildman–Crippen LogP) is 0.849. The van der Waals surface area contributed by atoms with E-state index in [0.717, 1.165) is 19.6 Å². The first-order valence-corrected chi connectivity index (χ1v) is 6.16. The molecule has 0 spiro atoms. The smallest absolute Gasteiger partial charge is 0.254 e. The molecule has 0 aromatic heterocycles. The molecule has 1 amide bonds. The van der Waals surface area contributed by atoms with E-state index in [9.17, 15) is 4.79 Å². The Morgan fingerprint density at radius 2 is 2.22 bits per heavy atom. The average molecular weight is 248 g/mol. The Kier molecular flexibility index (Phi) is 2.83. The first-order chi connectivity index (χ1) is 8.74. The molecular formula is C13H16N2O3. The molecule has 18 heavy (non-hydrogen) atoms. The van der Waals surface area contributed by atoms with Gasteiger partial charge in [-0.1, -0.05) is 0 Å². The molecule has 1 aromatic rings. The van der Waals surface area contributed by atoms with Crippen molar-refractivity contribution in [2.45, 2.75) is 13.0 Å². The number of hydrogen-bond acceptors (Lipinski definition) is 4. The van der Waals surface area contributed by atoms with Gasteiger partial charge in [0.05, 0.1) is 0 Å². The number of piperazine rings is 1. The van der Waals surface area contributed by atoms with Crippen molar-refractivity contribution in [3.8, 4) is 11.5 Å². The number of fused-ring (bicyclic) bond motifs is 1. The Hall–Kier alpha value is -1.75. The fourth-order valence-electron chi connectivity index (χ4n) is 2.33. The van der Waals surface area contributed by atoms with E-state index in [4.69, 9.17) is 9.47 Å². The lowest BCUT2D eigenvalue weighted by Crippen LogP contribution is -2.51. The van der Waals surface area contributed by atoms with Gasteiger partial charge in [0.1, 0.15) is 0 Å². The van der Waals surface area contributed by atoms with Gasteiger partial charge >= 0.3 is 0 Å². The van der Waals surface area contributed by atoms with Crippen molar-refractivity contribution in [1.82, 2.24) is 10.2 Å². The monoisotopic (exact) mass is 248 g/mol. The van der Waals surface area contributed by atoms with E-state index in [1.54, 1.807) is 18.2 Å². The minimum atomic E-state index is 0.0571. The second kappa shape index (κ2) is 4.49. The van der Waals surface area contributed by atoms with Crippen molar-refractivity contribution in [3.63, 3.8) is 0 Å². The molecule has 1 aromatic carbocycles. The lowest BCUT2D eigenvalue weighted by molar-refractivity contribution is 0.0708. The Labute approximate surface area is 106 Å². The summed E-state index contributed by atoms with van der Waals surface area (Å²) in [6.07, 6.45) is 0. The van der Waals surface area contributed by atoms with Gasteiger partial charge in [-0.2, -0.15) is 0 Å². The summed E-state index contributed by atoms with van der Waals surface area (Å²) in [6, 6.07) is 5.69. The zero-order chi connectivity index (χ0) is 12.5. The molecule has 2 aliphatic rings. The highest BCUT2D eigenvalue weighted by Crippen LogP contribution is 2.32. The van der Waals surface area contributed by atoms with Crippen LogP contribution in [0, 0.1) is 0 Å². The van der Waals surface area contributed by atoms with Crippen LogP contribution in [0.2, 0.25) is 0 Å². The minimum absolute atomic E-state index is 0.0571. The highest BCUT2D eigenvalue weighted by atomic mass is 16.7. The molecule has 1 fully saturated rings. The topological polar surface area (TPSA) is 50.8 Å². The van der Waals surface area contributed by atoms with Gasteiger partial charge in [-0.15, -0.1) is 0 Å². The van der Waals surface area contributed by atoms with Crippen LogP contribution in [0.15, 0.2) is 18.2 Å². The Morgan fingerprint density at radius 1 is 1.39 bits per heavy atom. The van der Waals surface area contributed by atoms with Crippen LogP contribution in [0.1, 0.15) is 17.3 Å². The van der Waals surface area contributed by atoms with Crippen molar-refractivity contribution in [3.05, 3.63) is 23.8 Å². The molecule has 1 unspecified atom stereocenters. The summed E-state index contributed by atoms with van der Waals surface area (Å²) < 4.78 is 10.5. The van der Waals surface area contributed by atoms with Gasteiger partial charge < -0.3 is 19.7 Å². The molecule has 1 saturated heterocycles. The van der Waals surface area contributed by atoms with E-state index < -0.39 is 0 Å². The number of hydrogen-bond donors (Lipinski definition) is 1. The lowest BCUT2D eigenvalue weighted by Gasteiger charge is -2.32. The quantitative estimate of drug-likeness (QED) is 0.800. The lowest BCUT2D eigenvalue weighted by atomic mass is 10.1. The number of carbonyl (C=O) groups is 1. The molecule has 5 heteroatoms. The van der Waals surface area contributed by atoms with E-state index in [1.165, 1.54) is 0 Å². The largest absolute Gasteiger partial charge is 0.454 e. The number of ether oxygens (including phenoxy) is 2. The van der Waals surface area contributed by atoms with Gasteiger partial charge in [-0.05, 0) is 25.1 Å². The molecular weight excluding hydrogens is 232 g/mol. The molecule has 96 valence electrons. The highest BCUT2D eigenvalue weighted by Gasteiger charge is 2.23. The third-order valence-electron chi connectivity index (χ3n) is 3.28. The molecule has 2 aliphatic heterocycles. The van der Waals surface area contributed by atoms with Crippen molar-refractivity contribution >= 4 is 5.91 Å². The van der Waals surface area contributed by atoms with Crippen LogP contribution < -0.4 is 14.8 Å². The third-order valence-corrected chi connectivity index (χ3v) is 3.28. The predicted molar refractivity (Wildman–Crippen MR) is 65.9 cm³/mol. The third kappa shape index (κ3) is 2.01. The minimum Gasteiger partial charge on any atom is -0.454 e. The summed E-state index contributed by atoms with van der Waals surface area (Å²) in [6.45, 7) is 4.65. The fourth-order valence-corrected chi connectivity index (χ4v) is 2.33. The number of rotatable bonds is 1. The fraction of sp³-hybridized carbons (Fsp3) is 0.462. The normalized spacial score (nSPS) is 22.1. The van der Waals surface area contributed by atoms with Crippen LogP contribution in [0.25, 0.3) is 0 Å². The summed E-state index contributed by atoms with van der Waals surface area (Å²) in [5.74, 6) is 1.42. The average Bonchev–Trinajstić information content (AvgIpc) is 2.85. The first kappa shape index (κ1) is 11.3. The van der Waals surface area contributed by atoms with Gasteiger partial charge in [-0.3, -0.25) is 4.79 Å². The van der Waals surface area contributed by atoms with E-state index >= 15 is 0 Å². The SMILES string of the molecule is CC1CN(C(=O)c2ccc3c(c2)OCO3)CCN1. The Balaban J connectivity index is 1.79. The Bertz CT molecular complexity index is 475. The van der Waals surface area contributed by atoms with E-state index in [-0.39, 0.29) is 12.7 Å². The zero-order valence-corrected chi connectivity index (χ0v) is 10.3. The number of benzene rings is 1. The second-order valence-electron chi connectivity index (χ2n) is 4.67. The molecule has 1 N–H and O–H groups in total. The summed E-state index contributed by atoms with van der Waals surface area (Å²) >= 11 is 0.